The number of allylic oxidation sites excluding steroid dienone is 10. The van der Waals surface area contributed by atoms with Crippen LogP contribution in [0.1, 0.15) is 39.5 Å². The van der Waals surface area contributed by atoms with Crippen LogP contribution in [0.25, 0.3) is 0 Å². The molecule has 0 nitrogen and oxygen atoms in total. The van der Waals surface area contributed by atoms with Gasteiger partial charge in [-0.2, -0.15) is 0 Å². The van der Waals surface area contributed by atoms with Gasteiger partial charge in [-0.15, -0.1) is 0 Å². The molecule has 0 radical (unpaired) electrons. The van der Waals surface area contributed by atoms with Gasteiger partial charge in [-0.3, -0.25) is 0 Å². The molecule has 0 aromatic heterocycles. The summed E-state index contributed by atoms with van der Waals surface area (Å²) < 4.78 is 0. The van der Waals surface area contributed by atoms with E-state index in [4.69, 9.17) is 0 Å². The quantitative estimate of drug-likeness (QED) is 0.606. The SMILES string of the molecule is C=CC=C1/C(=C\C)C(C=C)=C(/C=C\C)C12CCCC2. The molecule has 0 aromatic carbocycles. The fraction of sp³-hybridized carbons (Fsp3) is 0.368. The lowest BCUT2D eigenvalue weighted by Crippen LogP contribution is -2.17. The Morgan fingerprint density at radius 1 is 1.11 bits per heavy atom. The maximum Gasteiger partial charge on any atom is 0.0215 e. The number of hydrogen-bond donors (Lipinski definition) is 0. The largest absolute Gasteiger partial charge is 0.0991 e. The van der Waals surface area contributed by atoms with Gasteiger partial charge in [0.2, 0.25) is 0 Å². The van der Waals surface area contributed by atoms with E-state index in [1.807, 2.05) is 12.2 Å². The lowest BCUT2D eigenvalue weighted by Gasteiger charge is -2.28. The number of rotatable bonds is 3. The highest BCUT2D eigenvalue weighted by Gasteiger charge is 2.46. The molecule has 1 fully saturated rings. The van der Waals surface area contributed by atoms with Crippen LogP contribution in [-0.2, 0) is 0 Å². The predicted octanol–water partition coefficient (Wildman–Crippen LogP) is 5.68. The lowest BCUT2D eigenvalue weighted by molar-refractivity contribution is 0.476. The molecule has 0 aromatic rings. The predicted molar refractivity (Wildman–Crippen MR) is 85.0 cm³/mol. The van der Waals surface area contributed by atoms with Gasteiger partial charge in [0, 0.05) is 5.41 Å². The zero-order chi connectivity index (χ0) is 13.9. The van der Waals surface area contributed by atoms with Crippen LogP contribution in [0.2, 0.25) is 0 Å². The zero-order valence-corrected chi connectivity index (χ0v) is 12.2. The second-order valence-corrected chi connectivity index (χ2v) is 5.34. The molecule has 0 heterocycles. The van der Waals surface area contributed by atoms with E-state index in [0.29, 0.717) is 0 Å². The van der Waals surface area contributed by atoms with Gasteiger partial charge in [0.15, 0.2) is 0 Å². The molecule has 2 rings (SSSR count). The summed E-state index contributed by atoms with van der Waals surface area (Å²) in [6, 6.07) is 0. The molecule has 1 saturated carbocycles. The highest BCUT2D eigenvalue weighted by Crippen LogP contribution is 2.59. The molecule has 0 aliphatic heterocycles. The minimum absolute atomic E-state index is 0.214. The lowest BCUT2D eigenvalue weighted by atomic mass is 9.75. The number of hydrogen-bond acceptors (Lipinski definition) is 0. The summed E-state index contributed by atoms with van der Waals surface area (Å²) in [5.41, 5.74) is 5.79. The third-order valence-electron chi connectivity index (χ3n) is 4.47. The Balaban J connectivity index is 2.72. The molecular weight excluding hydrogens is 228 g/mol. The molecule has 0 heteroatoms. The first-order valence-electron chi connectivity index (χ1n) is 7.25. The van der Waals surface area contributed by atoms with Crippen molar-refractivity contribution in [3.63, 3.8) is 0 Å². The normalized spacial score (nSPS) is 26.2. The Morgan fingerprint density at radius 3 is 2.26 bits per heavy atom. The van der Waals surface area contributed by atoms with Gasteiger partial charge in [0.1, 0.15) is 0 Å². The maximum atomic E-state index is 4.04. The minimum Gasteiger partial charge on any atom is -0.0991 e. The zero-order valence-electron chi connectivity index (χ0n) is 12.2. The summed E-state index contributed by atoms with van der Waals surface area (Å²) in [6.45, 7) is 12.2. The molecule has 1 spiro atoms. The Hall–Kier alpha value is -1.56. The van der Waals surface area contributed by atoms with Gasteiger partial charge in [-0.25, -0.2) is 0 Å². The van der Waals surface area contributed by atoms with Crippen LogP contribution in [0, 0.1) is 5.41 Å². The Morgan fingerprint density at radius 2 is 1.79 bits per heavy atom. The molecule has 19 heavy (non-hydrogen) atoms. The van der Waals surface area contributed by atoms with Gasteiger partial charge in [-0.1, -0.05) is 62.5 Å². The highest BCUT2D eigenvalue weighted by molar-refractivity contribution is 5.68. The van der Waals surface area contributed by atoms with Crippen LogP contribution in [0.15, 0.2) is 71.9 Å². The molecule has 0 unspecified atom stereocenters. The third kappa shape index (κ3) is 2.00. The van der Waals surface area contributed by atoms with E-state index in [9.17, 15) is 0 Å². The molecule has 0 bridgehead atoms. The second-order valence-electron chi connectivity index (χ2n) is 5.34. The highest BCUT2D eigenvalue weighted by atomic mass is 14.5. The summed E-state index contributed by atoms with van der Waals surface area (Å²) in [5.74, 6) is 0. The summed E-state index contributed by atoms with van der Waals surface area (Å²) in [5, 5.41) is 0. The van der Waals surface area contributed by atoms with Crippen LogP contribution < -0.4 is 0 Å². The van der Waals surface area contributed by atoms with Crippen molar-refractivity contribution < 1.29 is 0 Å². The average Bonchev–Trinajstić information content (AvgIpc) is 2.99. The first-order chi connectivity index (χ1) is 9.25. The van der Waals surface area contributed by atoms with Gasteiger partial charge < -0.3 is 0 Å². The second kappa shape index (κ2) is 5.61. The van der Waals surface area contributed by atoms with E-state index < -0.39 is 0 Å². The molecule has 0 saturated heterocycles. The molecule has 2 aliphatic carbocycles. The molecule has 0 amide bonds. The maximum absolute atomic E-state index is 4.04. The van der Waals surface area contributed by atoms with Crippen molar-refractivity contribution in [2.24, 2.45) is 5.41 Å². The van der Waals surface area contributed by atoms with Crippen molar-refractivity contribution in [1.29, 1.82) is 0 Å². The molecule has 0 N–H and O–H groups in total. The Labute approximate surface area is 117 Å². The van der Waals surface area contributed by atoms with E-state index in [2.05, 4.69) is 51.3 Å². The summed E-state index contributed by atoms with van der Waals surface area (Å²) in [4.78, 5) is 0. The fourth-order valence-electron chi connectivity index (χ4n) is 3.78. The van der Waals surface area contributed by atoms with Crippen molar-refractivity contribution in [3.05, 3.63) is 71.9 Å². The average molecular weight is 252 g/mol. The van der Waals surface area contributed by atoms with Gasteiger partial charge >= 0.3 is 0 Å². The minimum atomic E-state index is 0.214. The first kappa shape index (κ1) is 13.9. The van der Waals surface area contributed by atoms with Gasteiger partial charge in [0.05, 0.1) is 0 Å². The van der Waals surface area contributed by atoms with Crippen LogP contribution in [0.5, 0.6) is 0 Å². The molecule has 0 atom stereocenters. The Kier molecular flexibility index (Phi) is 4.09. The van der Waals surface area contributed by atoms with Gasteiger partial charge in [-0.05, 0) is 49.0 Å². The van der Waals surface area contributed by atoms with Gasteiger partial charge in [0.25, 0.3) is 0 Å². The van der Waals surface area contributed by atoms with Crippen LogP contribution in [-0.4, -0.2) is 0 Å². The molecular formula is C19H24. The van der Waals surface area contributed by atoms with E-state index in [0.717, 1.165) is 0 Å². The Bertz CT molecular complexity index is 500. The van der Waals surface area contributed by atoms with Crippen molar-refractivity contribution in [1.82, 2.24) is 0 Å². The standard InChI is InChI=1S/C19H24/c1-5-11-17-15(7-3)16(8-4)18(12-6-2)19(17)13-9-10-14-19/h5-8,11-12H,1,4,9-10,13-14H2,2-3H3/b12-6-,15-7-,17-11?. The van der Waals surface area contributed by atoms with E-state index >= 15 is 0 Å². The topological polar surface area (TPSA) is 0 Å². The van der Waals surface area contributed by atoms with Crippen molar-refractivity contribution in [2.45, 2.75) is 39.5 Å². The van der Waals surface area contributed by atoms with Crippen LogP contribution >= 0.6 is 0 Å². The fourth-order valence-corrected chi connectivity index (χ4v) is 3.78. The van der Waals surface area contributed by atoms with Crippen LogP contribution in [0.4, 0.5) is 0 Å². The monoisotopic (exact) mass is 252 g/mol. The third-order valence-corrected chi connectivity index (χ3v) is 4.47. The van der Waals surface area contributed by atoms with E-state index in [-0.39, 0.29) is 5.41 Å². The van der Waals surface area contributed by atoms with Crippen molar-refractivity contribution in [2.75, 3.05) is 0 Å². The van der Waals surface area contributed by atoms with Crippen molar-refractivity contribution in [3.8, 4) is 0 Å². The van der Waals surface area contributed by atoms with E-state index in [1.165, 1.54) is 48.0 Å². The summed E-state index contributed by atoms with van der Waals surface area (Å²) in [6.07, 6.45) is 18.0. The summed E-state index contributed by atoms with van der Waals surface area (Å²) >= 11 is 0. The first-order valence-corrected chi connectivity index (χ1v) is 7.25. The smallest absolute Gasteiger partial charge is 0.0215 e. The molecule has 2 aliphatic rings. The van der Waals surface area contributed by atoms with Crippen LogP contribution in [0.3, 0.4) is 0 Å². The van der Waals surface area contributed by atoms with Crippen molar-refractivity contribution >= 4 is 0 Å². The molecule has 100 valence electrons. The summed E-state index contributed by atoms with van der Waals surface area (Å²) in [7, 11) is 0. The van der Waals surface area contributed by atoms with E-state index in [1.54, 1.807) is 0 Å².